The lowest BCUT2D eigenvalue weighted by Crippen LogP contribution is -2.14. The molecule has 0 saturated heterocycles. The number of carbonyl (C=O) groups is 3. The summed E-state index contributed by atoms with van der Waals surface area (Å²) in [5.74, 6) is 0.466. The van der Waals surface area contributed by atoms with Gasteiger partial charge in [0.15, 0.2) is 21.6 Å². The first-order valence-electron chi connectivity index (χ1n) is 9.83. The van der Waals surface area contributed by atoms with E-state index in [4.69, 9.17) is 14.2 Å². The molecule has 0 unspecified atom stereocenters. The van der Waals surface area contributed by atoms with E-state index in [1.807, 2.05) is 0 Å². The van der Waals surface area contributed by atoms with Gasteiger partial charge in [-0.25, -0.2) is 0 Å². The van der Waals surface area contributed by atoms with Gasteiger partial charge < -0.3 is 19.5 Å². The van der Waals surface area contributed by atoms with E-state index in [-0.39, 0.29) is 28.1 Å². The first kappa shape index (κ1) is 25.0. The van der Waals surface area contributed by atoms with E-state index in [1.165, 1.54) is 52.1 Å². The van der Waals surface area contributed by atoms with Gasteiger partial charge in [-0.1, -0.05) is 23.1 Å². The number of carbonyl (C=O) groups excluding carboxylic acids is 3. The van der Waals surface area contributed by atoms with E-state index in [1.54, 1.807) is 24.3 Å². The van der Waals surface area contributed by atoms with Crippen molar-refractivity contribution in [1.82, 2.24) is 10.2 Å². The molecule has 0 fully saturated rings. The Hall–Kier alpha value is -3.64. The third kappa shape index (κ3) is 6.23. The second-order valence-corrected chi connectivity index (χ2v) is 8.91. The summed E-state index contributed by atoms with van der Waals surface area (Å²) < 4.78 is 16.3. The molecule has 3 aromatic rings. The average Bonchev–Trinajstić information content (AvgIpc) is 3.29. The zero-order chi connectivity index (χ0) is 24.7. The molecule has 34 heavy (non-hydrogen) atoms. The molecule has 0 saturated carbocycles. The van der Waals surface area contributed by atoms with Gasteiger partial charge in [-0.05, 0) is 43.3 Å². The summed E-state index contributed by atoms with van der Waals surface area (Å²) in [4.78, 5) is 36.2. The van der Waals surface area contributed by atoms with Gasteiger partial charge >= 0.3 is 0 Å². The van der Waals surface area contributed by atoms with Crippen LogP contribution in [0.15, 0.2) is 40.7 Å². The maximum atomic E-state index is 12.7. The Morgan fingerprint density at radius 2 is 1.56 bits per heavy atom. The Labute approximate surface area is 204 Å². The molecule has 178 valence electrons. The van der Waals surface area contributed by atoms with Gasteiger partial charge in [-0.3, -0.25) is 19.7 Å². The fraction of sp³-hybridized carbons (Fsp3) is 0.227. The Bertz CT molecular complexity index is 1170. The average molecular weight is 503 g/mol. The quantitative estimate of drug-likeness (QED) is 0.242. The molecule has 0 aliphatic carbocycles. The molecular formula is C22H22N4O6S2. The molecular weight excluding hydrogens is 480 g/mol. The van der Waals surface area contributed by atoms with E-state index < -0.39 is 5.91 Å². The monoisotopic (exact) mass is 502 g/mol. The van der Waals surface area contributed by atoms with Crippen molar-refractivity contribution >= 4 is 51.5 Å². The van der Waals surface area contributed by atoms with Crippen molar-refractivity contribution in [2.24, 2.45) is 0 Å². The summed E-state index contributed by atoms with van der Waals surface area (Å²) in [5.41, 5.74) is 1.45. The number of thioether (sulfide) groups is 1. The first-order valence-corrected chi connectivity index (χ1v) is 11.6. The summed E-state index contributed by atoms with van der Waals surface area (Å²) >= 11 is 2.33. The third-order valence-electron chi connectivity index (χ3n) is 4.46. The minimum Gasteiger partial charge on any atom is -0.493 e. The molecule has 0 radical (unpaired) electrons. The van der Waals surface area contributed by atoms with Crippen molar-refractivity contribution in [2.75, 3.05) is 37.7 Å². The number of benzene rings is 2. The van der Waals surface area contributed by atoms with Gasteiger partial charge in [0, 0.05) is 16.8 Å². The Balaban J connectivity index is 1.57. The molecule has 2 N–H and O–H groups in total. The van der Waals surface area contributed by atoms with Crippen LogP contribution in [0.25, 0.3) is 0 Å². The van der Waals surface area contributed by atoms with Gasteiger partial charge in [0.25, 0.3) is 5.91 Å². The number of ketones is 1. The summed E-state index contributed by atoms with van der Waals surface area (Å²) in [5, 5.41) is 13.7. The molecule has 2 aromatic carbocycles. The molecule has 0 bridgehead atoms. The summed E-state index contributed by atoms with van der Waals surface area (Å²) in [6.45, 7) is 1.48. The van der Waals surface area contributed by atoms with E-state index in [0.29, 0.717) is 32.8 Å². The normalized spacial score (nSPS) is 10.4. The molecule has 3 rings (SSSR count). The maximum absolute atomic E-state index is 12.7. The summed E-state index contributed by atoms with van der Waals surface area (Å²) in [6.07, 6.45) is 0. The molecule has 0 spiro atoms. The number of nitrogens with one attached hydrogen (secondary N) is 2. The van der Waals surface area contributed by atoms with Crippen molar-refractivity contribution in [3.8, 4) is 17.2 Å². The molecule has 12 heteroatoms. The lowest BCUT2D eigenvalue weighted by molar-refractivity contribution is -0.113. The number of hydrogen-bond donors (Lipinski definition) is 2. The fourth-order valence-corrected chi connectivity index (χ4v) is 4.36. The SMILES string of the molecule is COc1cc(C(=O)Nc2nnc(SCC(=O)Nc3ccc(C(C)=O)cc3)s2)cc(OC)c1OC. The highest BCUT2D eigenvalue weighted by atomic mass is 32.2. The van der Waals surface area contributed by atoms with Crippen LogP contribution in [0.3, 0.4) is 0 Å². The molecule has 2 amide bonds. The molecule has 10 nitrogen and oxygen atoms in total. The second-order valence-electron chi connectivity index (χ2n) is 6.71. The number of amides is 2. The number of hydrogen-bond acceptors (Lipinski definition) is 10. The van der Waals surface area contributed by atoms with Gasteiger partial charge in [0.2, 0.25) is 16.8 Å². The van der Waals surface area contributed by atoms with Gasteiger partial charge in [0.1, 0.15) is 0 Å². The molecule has 1 heterocycles. The number of aromatic nitrogens is 2. The second kappa shape index (κ2) is 11.5. The van der Waals surface area contributed by atoms with Gasteiger partial charge in [-0.15, -0.1) is 10.2 Å². The Morgan fingerprint density at radius 3 is 2.12 bits per heavy atom. The third-order valence-corrected chi connectivity index (χ3v) is 6.43. The standard InChI is InChI=1S/C22H22N4O6S2/c1-12(27)13-5-7-15(8-6-13)23-18(28)11-33-22-26-25-21(34-22)24-20(29)14-9-16(30-2)19(32-4)17(10-14)31-3/h5-10H,11H2,1-4H3,(H,23,28)(H,24,25,29). The highest BCUT2D eigenvalue weighted by Crippen LogP contribution is 2.38. The topological polar surface area (TPSA) is 129 Å². The van der Waals surface area contributed by atoms with E-state index in [0.717, 1.165) is 11.3 Å². The van der Waals surface area contributed by atoms with Crippen LogP contribution in [-0.2, 0) is 4.79 Å². The summed E-state index contributed by atoms with van der Waals surface area (Å²) in [6, 6.07) is 9.70. The van der Waals surface area contributed by atoms with Crippen molar-refractivity contribution in [3.63, 3.8) is 0 Å². The van der Waals surface area contributed by atoms with Crippen LogP contribution in [-0.4, -0.2) is 54.9 Å². The number of ether oxygens (including phenoxy) is 3. The predicted molar refractivity (Wildman–Crippen MR) is 130 cm³/mol. The van der Waals surface area contributed by atoms with Crippen LogP contribution in [0.2, 0.25) is 0 Å². The van der Waals surface area contributed by atoms with Gasteiger partial charge in [-0.2, -0.15) is 0 Å². The Morgan fingerprint density at radius 1 is 0.912 bits per heavy atom. The first-order chi connectivity index (χ1) is 16.3. The van der Waals surface area contributed by atoms with Gasteiger partial charge in [0.05, 0.1) is 27.1 Å². The van der Waals surface area contributed by atoms with Crippen LogP contribution in [0.4, 0.5) is 10.8 Å². The largest absolute Gasteiger partial charge is 0.493 e. The highest BCUT2D eigenvalue weighted by molar-refractivity contribution is 8.01. The van der Waals surface area contributed by atoms with Crippen molar-refractivity contribution in [1.29, 1.82) is 0 Å². The highest BCUT2D eigenvalue weighted by Gasteiger charge is 2.18. The van der Waals surface area contributed by atoms with Crippen LogP contribution in [0.1, 0.15) is 27.6 Å². The van der Waals surface area contributed by atoms with E-state index in [2.05, 4.69) is 20.8 Å². The Kier molecular flexibility index (Phi) is 8.44. The fourth-order valence-electron chi connectivity index (χ4n) is 2.81. The zero-order valence-electron chi connectivity index (χ0n) is 18.8. The zero-order valence-corrected chi connectivity index (χ0v) is 20.5. The lowest BCUT2D eigenvalue weighted by Gasteiger charge is -2.13. The maximum Gasteiger partial charge on any atom is 0.257 e. The van der Waals surface area contributed by atoms with E-state index in [9.17, 15) is 14.4 Å². The number of Topliss-reactive ketones (excluding diaryl/α,β-unsaturated/α-hetero) is 1. The number of anilines is 2. The minimum atomic E-state index is -0.432. The number of methoxy groups -OCH3 is 3. The van der Waals surface area contributed by atoms with Crippen LogP contribution in [0, 0.1) is 0 Å². The predicted octanol–water partition coefficient (Wildman–Crippen LogP) is 3.75. The van der Waals surface area contributed by atoms with Crippen molar-refractivity contribution in [2.45, 2.75) is 11.3 Å². The molecule has 0 aliphatic heterocycles. The van der Waals surface area contributed by atoms with E-state index >= 15 is 0 Å². The molecule has 1 aromatic heterocycles. The van der Waals surface area contributed by atoms with Crippen molar-refractivity contribution in [3.05, 3.63) is 47.5 Å². The smallest absolute Gasteiger partial charge is 0.257 e. The van der Waals surface area contributed by atoms with Crippen molar-refractivity contribution < 1.29 is 28.6 Å². The van der Waals surface area contributed by atoms with Crippen LogP contribution >= 0.6 is 23.1 Å². The molecule has 0 aliphatic rings. The summed E-state index contributed by atoms with van der Waals surface area (Å²) in [7, 11) is 4.40. The lowest BCUT2D eigenvalue weighted by atomic mass is 10.1. The number of nitrogens with zero attached hydrogens (tertiary/aromatic N) is 2. The number of rotatable bonds is 10. The van der Waals surface area contributed by atoms with Crippen LogP contribution < -0.4 is 24.8 Å². The van der Waals surface area contributed by atoms with Crippen LogP contribution in [0.5, 0.6) is 17.2 Å². The molecule has 0 atom stereocenters. The minimum absolute atomic E-state index is 0.0436.